The summed E-state index contributed by atoms with van der Waals surface area (Å²) in [6, 6.07) is 15.3. The zero-order valence-corrected chi connectivity index (χ0v) is 18.5. The first-order valence-corrected chi connectivity index (χ1v) is 11.5. The molecule has 0 aliphatic carbocycles. The lowest BCUT2D eigenvalue weighted by molar-refractivity contribution is -0.113. The molecular weight excluding hydrogens is 410 g/mol. The third-order valence-electron chi connectivity index (χ3n) is 5.16. The van der Waals surface area contributed by atoms with Crippen LogP contribution in [0.25, 0.3) is 16.7 Å². The smallest absolute Gasteiger partial charge is 0.262 e. The molecule has 0 spiro atoms. The van der Waals surface area contributed by atoms with Gasteiger partial charge in [0.1, 0.15) is 0 Å². The predicted molar refractivity (Wildman–Crippen MR) is 125 cm³/mol. The molecule has 1 amide bonds. The maximum absolute atomic E-state index is 13.0. The SMILES string of the molecule is CCCCn1c(=O)c2ccccc2n2c(SCC(=O)Nc3cccc(CC)c3)nnc12. The Morgan fingerprint density at radius 3 is 2.74 bits per heavy atom. The molecule has 0 radical (unpaired) electrons. The molecule has 0 aliphatic rings. The van der Waals surface area contributed by atoms with Crippen molar-refractivity contribution in [2.45, 2.75) is 44.8 Å². The van der Waals surface area contributed by atoms with Crippen LogP contribution in [0.5, 0.6) is 0 Å². The lowest BCUT2D eigenvalue weighted by atomic mass is 10.1. The highest BCUT2D eigenvalue weighted by Crippen LogP contribution is 2.22. The van der Waals surface area contributed by atoms with Crippen molar-refractivity contribution >= 4 is 40.0 Å². The van der Waals surface area contributed by atoms with Crippen molar-refractivity contribution in [1.82, 2.24) is 19.2 Å². The second-order valence-corrected chi connectivity index (χ2v) is 8.28. The van der Waals surface area contributed by atoms with Crippen molar-refractivity contribution in [3.63, 3.8) is 0 Å². The minimum absolute atomic E-state index is 0.0611. The number of aryl methyl sites for hydroxylation is 2. The number of unbranched alkanes of at least 4 members (excludes halogenated alkanes) is 1. The van der Waals surface area contributed by atoms with E-state index < -0.39 is 0 Å². The van der Waals surface area contributed by atoms with Gasteiger partial charge in [0.05, 0.1) is 16.7 Å². The van der Waals surface area contributed by atoms with E-state index in [2.05, 4.69) is 29.4 Å². The highest BCUT2D eigenvalue weighted by atomic mass is 32.2. The molecule has 8 heteroatoms. The molecule has 2 heterocycles. The Morgan fingerprint density at radius 2 is 1.94 bits per heavy atom. The third kappa shape index (κ3) is 4.34. The Kier molecular flexibility index (Phi) is 6.36. The number of carbonyl (C=O) groups excluding carboxylic acids is 1. The van der Waals surface area contributed by atoms with Crippen molar-refractivity contribution in [2.75, 3.05) is 11.1 Å². The number of carbonyl (C=O) groups is 1. The first-order chi connectivity index (χ1) is 15.1. The number of anilines is 1. The second-order valence-electron chi connectivity index (χ2n) is 7.34. The molecule has 0 unspecified atom stereocenters. The van der Waals surface area contributed by atoms with Crippen LogP contribution < -0.4 is 10.9 Å². The van der Waals surface area contributed by atoms with Gasteiger partial charge in [-0.05, 0) is 42.7 Å². The van der Waals surface area contributed by atoms with Crippen LogP contribution in [0.15, 0.2) is 58.5 Å². The summed E-state index contributed by atoms with van der Waals surface area (Å²) in [7, 11) is 0. The maximum Gasteiger partial charge on any atom is 0.262 e. The molecule has 7 nitrogen and oxygen atoms in total. The van der Waals surface area contributed by atoms with Crippen LogP contribution in [0.4, 0.5) is 5.69 Å². The van der Waals surface area contributed by atoms with E-state index >= 15 is 0 Å². The molecule has 4 rings (SSSR count). The molecule has 0 fully saturated rings. The van der Waals surface area contributed by atoms with E-state index in [4.69, 9.17) is 0 Å². The zero-order valence-electron chi connectivity index (χ0n) is 17.7. The molecule has 31 heavy (non-hydrogen) atoms. The number of nitrogens with one attached hydrogen (secondary N) is 1. The molecular formula is C23H25N5O2S. The van der Waals surface area contributed by atoms with Crippen LogP contribution >= 0.6 is 11.8 Å². The van der Waals surface area contributed by atoms with Gasteiger partial charge < -0.3 is 5.32 Å². The van der Waals surface area contributed by atoms with E-state index in [1.165, 1.54) is 17.3 Å². The summed E-state index contributed by atoms with van der Waals surface area (Å²) in [6.07, 6.45) is 2.76. The first-order valence-electron chi connectivity index (χ1n) is 10.5. The molecule has 0 atom stereocenters. The minimum atomic E-state index is -0.112. The fourth-order valence-electron chi connectivity index (χ4n) is 3.54. The number of hydrogen-bond donors (Lipinski definition) is 1. The summed E-state index contributed by atoms with van der Waals surface area (Å²) < 4.78 is 3.56. The van der Waals surface area contributed by atoms with Gasteiger partial charge in [-0.15, -0.1) is 10.2 Å². The largest absolute Gasteiger partial charge is 0.325 e. The highest BCUT2D eigenvalue weighted by molar-refractivity contribution is 7.99. The Balaban J connectivity index is 1.63. The summed E-state index contributed by atoms with van der Waals surface area (Å²) in [4.78, 5) is 25.5. The standard InChI is InChI=1S/C23H25N5O2S/c1-3-5-13-27-21(30)18-11-6-7-12-19(18)28-22(27)25-26-23(28)31-15-20(29)24-17-10-8-9-16(4-2)14-17/h6-12,14H,3-5,13,15H2,1-2H3,(H,24,29). The van der Waals surface area contributed by atoms with Crippen molar-refractivity contribution < 1.29 is 4.79 Å². The summed E-state index contributed by atoms with van der Waals surface area (Å²) in [5, 5.41) is 12.7. The molecule has 0 saturated carbocycles. The van der Waals surface area contributed by atoms with E-state index in [0.29, 0.717) is 22.9 Å². The number of hydrogen-bond acceptors (Lipinski definition) is 5. The van der Waals surface area contributed by atoms with Gasteiger partial charge in [0.25, 0.3) is 5.56 Å². The highest BCUT2D eigenvalue weighted by Gasteiger charge is 2.17. The monoisotopic (exact) mass is 435 g/mol. The Hall–Kier alpha value is -3.13. The van der Waals surface area contributed by atoms with E-state index in [1.807, 2.05) is 52.9 Å². The van der Waals surface area contributed by atoms with E-state index in [1.54, 1.807) is 4.57 Å². The maximum atomic E-state index is 13.0. The van der Waals surface area contributed by atoms with Gasteiger partial charge in [-0.2, -0.15) is 0 Å². The fourth-order valence-corrected chi connectivity index (χ4v) is 4.28. The average Bonchev–Trinajstić information content (AvgIpc) is 3.22. The fraction of sp³-hybridized carbons (Fsp3) is 0.304. The first kappa shape index (κ1) is 21.1. The predicted octanol–water partition coefficient (Wildman–Crippen LogP) is 4.14. The van der Waals surface area contributed by atoms with Crippen molar-refractivity contribution in [3.05, 3.63) is 64.4 Å². The van der Waals surface area contributed by atoms with E-state index in [0.717, 1.165) is 30.5 Å². The number of fused-ring (bicyclic) bond motifs is 3. The van der Waals surface area contributed by atoms with Crippen molar-refractivity contribution in [3.8, 4) is 0 Å². The van der Waals surface area contributed by atoms with E-state index in [-0.39, 0.29) is 17.2 Å². The molecule has 2 aromatic heterocycles. The molecule has 1 N–H and O–H groups in total. The van der Waals surface area contributed by atoms with Gasteiger partial charge in [0, 0.05) is 12.2 Å². The second kappa shape index (κ2) is 9.34. The number of rotatable bonds is 8. The molecule has 2 aromatic carbocycles. The normalized spacial score (nSPS) is 11.3. The lowest BCUT2D eigenvalue weighted by Gasteiger charge is -2.11. The molecule has 0 saturated heterocycles. The van der Waals surface area contributed by atoms with Gasteiger partial charge in [-0.25, -0.2) is 0 Å². The van der Waals surface area contributed by atoms with Crippen LogP contribution in [0.2, 0.25) is 0 Å². The third-order valence-corrected chi connectivity index (χ3v) is 6.09. The Bertz CT molecular complexity index is 1290. The molecule has 0 bridgehead atoms. The molecule has 4 aromatic rings. The van der Waals surface area contributed by atoms with Crippen LogP contribution in [-0.4, -0.2) is 30.8 Å². The van der Waals surface area contributed by atoms with Crippen LogP contribution in [0.3, 0.4) is 0 Å². The zero-order chi connectivity index (χ0) is 21.8. The Morgan fingerprint density at radius 1 is 1.10 bits per heavy atom. The van der Waals surface area contributed by atoms with Gasteiger partial charge in [0.15, 0.2) is 5.16 Å². The minimum Gasteiger partial charge on any atom is -0.325 e. The quantitative estimate of drug-likeness (QED) is 0.421. The number of thioether (sulfide) groups is 1. The number of aromatic nitrogens is 4. The number of para-hydroxylation sites is 1. The van der Waals surface area contributed by atoms with Gasteiger partial charge in [-0.3, -0.25) is 18.6 Å². The van der Waals surface area contributed by atoms with Crippen molar-refractivity contribution in [2.24, 2.45) is 0 Å². The Labute approximate surface area is 184 Å². The summed E-state index contributed by atoms with van der Waals surface area (Å²) >= 11 is 1.31. The summed E-state index contributed by atoms with van der Waals surface area (Å²) in [6.45, 7) is 4.75. The van der Waals surface area contributed by atoms with Crippen LogP contribution in [0, 0.1) is 0 Å². The van der Waals surface area contributed by atoms with Crippen LogP contribution in [0.1, 0.15) is 32.3 Å². The average molecular weight is 436 g/mol. The molecule has 160 valence electrons. The molecule has 0 aliphatic heterocycles. The number of amides is 1. The van der Waals surface area contributed by atoms with E-state index in [9.17, 15) is 9.59 Å². The van der Waals surface area contributed by atoms with Gasteiger partial charge in [-0.1, -0.05) is 56.3 Å². The lowest BCUT2D eigenvalue weighted by Crippen LogP contribution is -2.23. The van der Waals surface area contributed by atoms with Crippen molar-refractivity contribution in [1.29, 1.82) is 0 Å². The van der Waals surface area contributed by atoms with Gasteiger partial charge in [0.2, 0.25) is 11.7 Å². The topological polar surface area (TPSA) is 81.3 Å². The summed E-state index contributed by atoms with van der Waals surface area (Å²) in [5.41, 5.74) is 2.65. The number of nitrogens with zero attached hydrogens (tertiary/aromatic N) is 4. The van der Waals surface area contributed by atoms with Crippen LogP contribution in [-0.2, 0) is 17.8 Å². The number of benzene rings is 2. The van der Waals surface area contributed by atoms with Gasteiger partial charge >= 0.3 is 0 Å². The summed E-state index contributed by atoms with van der Waals surface area (Å²) in [5.74, 6) is 0.592.